The molecule has 0 aromatic carbocycles. The lowest BCUT2D eigenvalue weighted by molar-refractivity contribution is 0.0205. The third-order valence-electron chi connectivity index (χ3n) is 4.84. The minimum Gasteiger partial charge on any atom is -0.379 e. The van der Waals surface area contributed by atoms with E-state index in [0.717, 1.165) is 19.0 Å². The molecule has 1 saturated heterocycles. The summed E-state index contributed by atoms with van der Waals surface area (Å²) in [5.41, 5.74) is 0.0929. The van der Waals surface area contributed by atoms with Crippen molar-refractivity contribution in [1.29, 1.82) is 0 Å². The molecular weight excluding hydrogens is 332 g/mol. The lowest BCUT2D eigenvalue weighted by Gasteiger charge is -2.31. The van der Waals surface area contributed by atoms with Crippen LogP contribution in [0, 0.1) is 5.41 Å². The van der Waals surface area contributed by atoms with E-state index in [2.05, 4.69) is 58.8 Å². The fraction of sp³-hybridized carbons (Fsp3) is 0.737. The van der Waals surface area contributed by atoms with Crippen LogP contribution < -0.4 is 10.6 Å². The summed E-state index contributed by atoms with van der Waals surface area (Å²) in [4.78, 5) is 8.39. The number of likely N-dealkylation sites (tertiary alicyclic amines) is 1. The van der Waals surface area contributed by atoms with Crippen LogP contribution in [0.1, 0.15) is 44.5 Å². The highest BCUT2D eigenvalue weighted by molar-refractivity contribution is 7.10. The number of ether oxygens (including phenoxy) is 1. The Bertz CT molecular complexity index is 518. The van der Waals surface area contributed by atoms with Crippen molar-refractivity contribution < 1.29 is 4.74 Å². The first-order valence-electron chi connectivity index (χ1n) is 9.20. The van der Waals surface area contributed by atoms with Gasteiger partial charge in [-0.15, -0.1) is 11.3 Å². The van der Waals surface area contributed by atoms with E-state index >= 15 is 0 Å². The fourth-order valence-corrected chi connectivity index (χ4v) is 4.15. The summed E-state index contributed by atoms with van der Waals surface area (Å²) in [6.45, 7) is 10.6. The normalized spacial score (nSPS) is 19.0. The quantitative estimate of drug-likeness (QED) is 0.575. The highest BCUT2D eigenvalue weighted by atomic mass is 32.1. The number of hydrogen-bond donors (Lipinski definition) is 2. The van der Waals surface area contributed by atoms with Crippen molar-refractivity contribution in [3.63, 3.8) is 0 Å². The molecule has 0 radical (unpaired) electrons. The van der Waals surface area contributed by atoms with Crippen molar-refractivity contribution in [3.05, 3.63) is 22.4 Å². The van der Waals surface area contributed by atoms with Gasteiger partial charge in [0.05, 0.1) is 12.1 Å². The fourth-order valence-electron chi connectivity index (χ4n) is 3.29. The lowest BCUT2D eigenvalue weighted by Crippen LogP contribution is -2.47. The number of hydrogen-bond acceptors (Lipinski definition) is 4. The molecule has 1 aliphatic heterocycles. The molecule has 2 N–H and O–H groups in total. The maximum absolute atomic E-state index is 5.62. The van der Waals surface area contributed by atoms with Crippen molar-refractivity contribution in [2.75, 3.05) is 40.3 Å². The predicted octanol–water partition coefficient (Wildman–Crippen LogP) is 3.11. The first kappa shape index (κ1) is 20.2. The van der Waals surface area contributed by atoms with E-state index in [4.69, 9.17) is 4.74 Å². The second kappa shape index (κ2) is 9.55. The zero-order chi connectivity index (χ0) is 18.3. The Morgan fingerprint density at radius 2 is 1.96 bits per heavy atom. The van der Waals surface area contributed by atoms with Crippen molar-refractivity contribution in [2.24, 2.45) is 10.4 Å². The molecule has 1 fully saturated rings. The van der Waals surface area contributed by atoms with Gasteiger partial charge in [-0.05, 0) is 42.8 Å². The Morgan fingerprint density at radius 1 is 1.28 bits per heavy atom. The summed E-state index contributed by atoms with van der Waals surface area (Å²) in [6.07, 6.45) is 2.74. The van der Waals surface area contributed by atoms with Gasteiger partial charge in [-0.2, -0.15) is 0 Å². The van der Waals surface area contributed by atoms with Crippen LogP contribution in [0.25, 0.3) is 0 Å². The van der Waals surface area contributed by atoms with Gasteiger partial charge in [0.2, 0.25) is 0 Å². The van der Waals surface area contributed by atoms with Gasteiger partial charge >= 0.3 is 0 Å². The predicted molar refractivity (Wildman–Crippen MR) is 107 cm³/mol. The smallest absolute Gasteiger partial charge is 0.191 e. The summed E-state index contributed by atoms with van der Waals surface area (Å²) in [5.74, 6) is 0.840. The highest BCUT2D eigenvalue weighted by Crippen LogP contribution is 2.27. The third-order valence-corrected chi connectivity index (χ3v) is 5.82. The lowest BCUT2D eigenvalue weighted by atomic mass is 9.89. The van der Waals surface area contributed by atoms with Gasteiger partial charge < -0.3 is 15.4 Å². The summed E-state index contributed by atoms with van der Waals surface area (Å²) >= 11 is 1.84. The van der Waals surface area contributed by atoms with Gasteiger partial charge in [0.15, 0.2) is 5.96 Å². The average Bonchev–Trinajstić information content (AvgIpc) is 3.26. The van der Waals surface area contributed by atoms with Gasteiger partial charge in [-0.1, -0.05) is 26.8 Å². The first-order chi connectivity index (χ1) is 12.0. The van der Waals surface area contributed by atoms with Gasteiger partial charge in [0.1, 0.15) is 0 Å². The molecule has 2 atom stereocenters. The molecule has 0 amide bonds. The summed E-state index contributed by atoms with van der Waals surface area (Å²) in [7, 11) is 3.60. The van der Waals surface area contributed by atoms with E-state index in [1.165, 1.54) is 30.8 Å². The Hall–Kier alpha value is -1.11. The van der Waals surface area contributed by atoms with Crippen molar-refractivity contribution >= 4 is 17.3 Å². The van der Waals surface area contributed by atoms with Gasteiger partial charge in [-0.25, -0.2) is 0 Å². The Morgan fingerprint density at radius 3 is 2.48 bits per heavy atom. The number of guanidine groups is 1. The Kier molecular flexibility index (Phi) is 7.72. The van der Waals surface area contributed by atoms with Crippen LogP contribution in [0.3, 0.4) is 0 Å². The highest BCUT2D eigenvalue weighted by Gasteiger charge is 2.26. The first-order valence-corrected chi connectivity index (χ1v) is 10.1. The molecule has 2 heterocycles. The van der Waals surface area contributed by atoms with Crippen molar-refractivity contribution in [1.82, 2.24) is 15.5 Å². The van der Waals surface area contributed by atoms with Crippen LogP contribution in [0.2, 0.25) is 0 Å². The van der Waals surface area contributed by atoms with Crippen molar-refractivity contribution in [3.8, 4) is 0 Å². The monoisotopic (exact) mass is 366 g/mol. The average molecular weight is 367 g/mol. The molecule has 2 unspecified atom stereocenters. The van der Waals surface area contributed by atoms with Crippen LogP contribution >= 0.6 is 11.3 Å². The summed E-state index contributed by atoms with van der Waals surface area (Å²) in [6, 6.07) is 4.80. The maximum Gasteiger partial charge on any atom is 0.191 e. The number of thiophene rings is 1. The van der Waals surface area contributed by atoms with E-state index in [9.17, 15) is 0 Å². The number of nitrogens with zero attached hydrogens (tertiary/aromatic N) is 2. The summed E-state index contributed by atoms with van der Waals surface area (Å²) in [5, 5.41) is 9.10. The minimum absolute atomic E-state index is 0.0929. The van der Waals surface area contributed by atoms with Gasteiger partial charge in [0.25, 0.3) is 0 Å². The molecule has 2 rings (SSSR count). The van der Waals surface area contributed by atoms with Crippen LogP contribution in [0.5, 0.6) is 0 Å². The second-order valence-electron chi connectivity index (χ2n) is 7.70. The zero-order valence-corrected chi connectivity index (χ0v) is 17.2. The molecule has 1 aliphatic rings. The molecule has 5 nitrogen and oxygen atoms in total. The van der Waals surface area contributed by atoms with Crippen LogP contribution in [-0.4, -0.2) is 57.3 Å². The molecule has 25 heavy (non-hydrogen) atoms. The largest absolute Gasteiger partial charge is 0.379 e. The SMILES string of the molecule is CN=C(NCC(c1cccs1)N1CCCC1)NCC(OC)C(C)(C)C. The molecule has 0 aliphatic carbocycles. The molecule has 1 aromatic heterocycles. The van der Waals surface area contributed by atoms with E-state index in [-0.39, 0.29) is 11.5 Å². The third kappa shape index (κ3) is 5.97. The van der Waals surface area contributed by atoms with E-state index in [0.29, 0.717) is 6.04 Å². The topological polar surface area (TPSA) is 48.9 Å². The molecule has 142 valence electrons. The van der Waals surface area contributed by atoms with E-state index in [1.807, 2.05) is 18.4 Å². The second-order valence-corrected chi connectivity index (χ2v) is 8.68. The molecule has 0 saturated carbocycles. The molecule has 0 bridgehead atoms. The number of aliphatic imine (C=N–C) groups is 1. The minimum atomic E-state index is 0.0929. The van der Waals surface area contributed by atoms with Crippen LogP contribution in [0.15, 0.2) is 22.5 Å². The van der Waals surface area contributed by atoms with Gasteiger partial charge in [-0.3, -0.25) is 9.89 Å². The molecule has 6 heteroatoms. The Balaban J connectivity index is 1.91. The summed E-state index contributed by atoms with van der Waals surface area (Å²) < 4.78 is 5.62. The maximum atomic E-state index is 5.62. The molecule has 1 aromatic rings. The molecular formula is C19H34N4OS. The number of methoxy groups -OCH3 is 1. The van der Waals surface area contributed by atoms with E-state index in [1.54, 1.807) is 7.11 Å². The van der Waals surface area contributed by atoms with Crippen LogP contribution in [0.4, 0.5) is 0 Å². The van der Waals surface area contributed by atoms with Crippen molar-refractivity contribution in [2.45, 2.75) is 45.8 Å². The number of nitrogens with one attached hydrogen (secondary N) is 2. The van der Waals surface area contributed by atoms with Gasteiger partial charge in [0, 0.05) is 32.1 Å². The zero-order valence-electron chi connectivity index (χ0n) is 16.3. The van der Waals surface area contributed by atoms with Crippen LogP contribution in [-0.2, 0) is 4.74 Å². The van der Waals surface area contributed by atoms with E-state index < -0.39 is 0 Å². The standard InChI is InChI=1S/C19H34N4OS/c1-19(2,3)17(24-5)14-22-18(20-4)21-13-15(16-9-8-12-25-16)23-10-6-7-11-23/h8-9,12,15,17H,6-7,10-11,13-14H2,1-5H3,(H2,20,21,22). The number of rotatable bonds is 7. The molecule has 0 spiro atoms. The Labute approximate surface area is 156 Å².